The molecule has 0 aromatic heterocycles. The Hall–Kier alpha value is -1.55. The summed E-state index contributed by atoms with van der Waals surface area (Å²) in [6, 6.07) is 8.52. The lowest BCUT2D eigenvalue weighted by molar-refractivity contribution is 0.231. The summed E-state index contributed by atoms with van der Waals surface area (Å²) >= 11 is 0. The van der Waals surface area contributed by atoms with Crippen molar-refractivity contribution in [3.63, 3.8) is 0 Å². The Labute approximate surface area is 122 Å². The van der Waals surface area contributed by atoms with Gasteiger partial charge in [0.15, 0.2) is 0 Å². The lowest BCUT2D eigenvalue weighted by Gasteiger charge is -2.25. The molecule has 0 fully saturated rings. The van der Waals surface area contributed by atoms with E-state index in [1.807, 2.05) is 14.1 Å². The predicted molar refractivity (Wildman–Crippen MR) is 83.8 cm³/mol. The topological polar surface area (TPSA) is 44.4 Å². The maximum atomic E-state index is 11.7. The molecule has 4 heteroatoms. The van der Waals surface area contributed by atoms with E-state index in [1.54, 1.807) is 0 Å². The van der Waals surface area contributed by atoms with Crippen LogP contribution in [0.25, 0.3) is 0 Å². The van der Waals surface area contributed by atoms with Gasteiger partial charge in [0.05, 0.1) is 6.04 Å². The average molecular weight is 277 g/mol. The van der Waals surface area contributed by atoms with E-state index in [0.717, 1.165) is 0 Å². The first kappa shape index (κ1) is 16.5. The van der Waals surface area contributed by atoms with Crippen LogP contribution in [0.3, 0.4) is 0 Å². The summed E-state index contributed by atoms with van der Waals surface area (Å²) in [7, 11) is 4.05. The molecule has 2 amide bonds. The van der Waals surface area contributed by atoms with Crippen LogP contribution in [-0.4, -0.2) is 38.1 Å². The standard InChI is InChI=1S/C16H27N3O/c1-12(2)10-17-16(20)18-11-15(19(4)5)14-8-6-13(3)7-9-14/h6-9,12,15H,10-11H2,1-5H3,(H2,17,18,20). The van der Waals surface area contributed by atoms with Gasteiger partial charge >= 0.3 is 6.03 Å². The van der Waals surface area contributed by atoms with E-state index in [0.29, 0.717) is 19.0 Å². The summed E-state index contributed by atoms with van der Waals surface area (Å²) in [5.41, 5.74) is 2.46. The summed E-state index contributed by atoms with van der Waals surface area (Å²) < 4.78 is 0. The number of urea groups is 1. The first-order chi connectivity index (χ1) is 9.40. The Morgan fingerprint density at radius 1 is 1.10 bits per heavy atom. The molecule has 2 N–H and O–H groups in total. The van der Waals surface area contributed by atoms with E-state index in [2.05, 4.69) is 60.6 Å². The number of nitrogens with one attached hydrogen (secondary N) is 2. The Morgan fingerprint density at radius 3 is 2.15 bits per heavy atom. The van der Waals surface area contributed by atoms with Gasteiger partial charge in [-0.25, -0.2) is 4.79 Å². The Kier molecular flexibility index (Phi) is 6.52. The van der Waals surface area contributed by atoms with Crippen molar-refractivity contribution in [1.29, 1.82) is 0 Å². The van der Waals surface area contributed by atoms with Gasteiger partial charge in [-0.05, 0) is 32.5 Å². The van der Waals surface area contributed by atoms with Crippen LogP contribution >= 0.6 is 0 Å². The third kappa shape index (κ3) is 5.61. The van der Waals surface area contributed by atoms with Crippen molar-refractivity contribution in [3.05, 3.63) is 35.4 Å². The lowest BCUT2D eigenvalue weighted by Crippen LogP contribution is -2.41. The van der Waals surface area contributed by atoms with Crippen molar-refractivity contribution in [2.75, 3.05) is 27.2 Å². The lowest BCUT2D eigenvalue weighted by atomic mass is 10.0. The van der Waals surface area contributed by atoms with E-state index >= 15 is 0 Å². The normalized spacial score (nSPS) is 12.6. The van der Waals surface area contributed by atoms with Crippen LogP contribution in [0.5, 0.6) is 0 Å². The monoisotopic (exact) mass is 277 g/mol. The molecule has 0 aliphatic carbocycles. The number of rotatable bonds is 6. The van der Waals surface area contributed by atoms with Crippen molar-refractivity contribution in [3.8, 4) is 0 Å². The van der Waals surface area contributed by atoms with Gasteiger partial charge in [0, 0.05) is 13.1 Å². The minimum atomic E-state index is -0.0994. The number of benzene rings is 1. The number of carbonyl (C=O) groups is 1. The third-order valence-corrected chi connectivity index (χ3v) is 3.21. The maximum absolute atomic E-state index is 11.7. The smallest absolute Gasteiger partial charge is 0.314 e. The highest BCUT2D eigenvalue weighted by atomic mass is 16.2. The molecule has 1 rings (SSSR count). The highest BCUT2D eigenvalue weighted by Crippen LogP contribution is 2.17. The summed E-state index contributed by atoms with van der Waals surface area (Å²) in [6.07, 6.45) is 0. The van der Waals surface area contributed by atoms with E-state index in [4.69, 9.17) is 0 Å². The molecule has 1 aromatic carbocycles. The van der Waals surface area contributed by atoms with Gasteiger partial charge in [0.1, 0.15) is 0 Å². The zero-order valence-corrected chi connectivity index (χ0v) is 13.2. The molecular formula is C16H27N3O. The number of hydrogen-bond acceptors (Lipinski definition) is 2. The second-order valence-electron chi connectivity index (χ2n) is 5.87. The fraction of sp³-hybridized carbons (Fsp3) is 0.562. The van der Waals surface area contributed by atoms with Crippen LogP contribution < -0.4 is 10.6 Å². The molecule has 0 aliphatic heterocycles. The fourth-order valence-corrected chi connectivity index (χ4v) is 1.94. The van der Waals surface area contributed by atoms with Gasteiger partial charge in [-0.2, -0.15) is 0 Å². The minimum absolute atomic E-state index is 0.0994. The molecule has 1 atom stereocenters. The Balaban J connectivity index is 2.56. The van der Waals surface area contributed by atoms with Crippen molar-refractivity contribution < 1.29 is 4.79 Å². The minimum Gasteiger partial charge on any atom is -0.338 e. The maximum Gasteiger partial charge on any atom is 0.314 e. The highest BCUT2D eigenvalue weighted by molar-refractivity contribution is 5.73. The van der Waals surface area contributed by atoms with Crippen molar-refractivity contribution in [2.45, 2.75) is 26.8 Å². The first-order valence-corrected chi connectivity index (χ1v) is 7.15. The second-order valence-corrected chi connectivity index (χ2v) is 5.87. The van der Waals surface area contributed by atoms with Crippen LogP contribution in [0, 0.1) is 12.8 Å². The Morgan fingerprint density at radius 2 is 1.65 bits per heavy atom. The molecule has 0 heterocycles. The molecule has 0 saturated heterocycles. The van der Waals surface area contributed by atoms with E-state index in [1.165, 1.54) is 11.1 Å². The van der Waals surface area contributed by atoms with Crippen LogP contribution in [0.1, 0.15) is 31.0 Å². The first-order valence-electron chi connectivity index (χ1n) is 7.15. The highest BCUT2D eigenvalue weighted by Gasteiger charge is 2.15. The average Bonchev–Trinajstić information content (AvgIpc) is 2.38. The quantitative estimate of drug-likeness (QED) is 0.839. The number of aryl methyl sites for hydroxylation is 1. The zero-order chi connectivity index (χ0) is 15.1. The third-order valence-electron chi connectivity index (χ3n) is 3.21. The molecule has 1 aromatic rings. The van der Waals surface area contributed by atoms with Crippen LogP contribution in [0.15, 0.2) is 24.3 Å². The van der Waals surface area contributed by atoms with Crippen LogP contribution in [-0.2, 0) is 0 Å². The van der Waals surface area contributed by atoms with Crippen LogP contribution in [0.4, 0.5) is 4.79 Å². The number of nitrogens with zero attached hydrogens (tertiary/aromatic N) is 1. The Bertz CT molecular complexity index is 412. The number of hydrogen-bond donors (Lipinski definition) is 2. The predicted octanol–water partition coefficient (Wildman–Crippen LogP) is 2.55. The van der Waals surface area contributed by atoms with E-state index in [9.17, 15) is 4.79 Å². The van der Waals surface area contributed by atoms with Gasteiger partial charge in [0.2, 0.25) is 0 Å². The van der Waals surface area contributed by atoms with Gasteiger partial charge < -0.3 is 15.5 Å². The molecule has 0 saturated carbocycles. The van der Waals surface area contributed by atoms with Gasteiger partial charge in [0.25, 0.3) is 0 Å². The van der Waals surface area contributed by atoms with E-state index < -0.39 is 0 Å². The second kappa shape index (κ2) is 7.90. The molecule has 20 heavy (non-hydrogen) atoms. The van der Waals surface area contributed by atoms with Crippen molar-refractivity contribution in [1.82, 2.24) is 15.5 Å². The summed E-state index contributed by atoms with van der Waals surface area (Å²) in [6.45, 7) is 7.53. The largest absolute Gasteiger partial charge is 0.338 e. The van der Waals surface area contributed by atoms with Gasteiger partial charge in [-0.3, -0.25) is 0 Å². The zero-order valence-electron chi connectivity index (χ0n) is 13.2. The van der Waals surface area contributed by atoms with Crippen LogP contribution in [0.2, 0.25) is 0 Å². The summed E-state index contributed by atoms with van der Waals surface area (Å²) in [4.78, 5) is 13.8. The molecular weight excluding hydrogens is 250 g/mol. The van der Waals surface area contributed by atoms with E-state index in [-0.39, 0.29) is 12.1 Å². The number of amides is 2. The fourth-order valence-electron chi connectivity index (χ4n) is 1.94. The molecule has 4 nitrogen and oxygen atoms in total. The van der Waals surface area contributed by atoms with Gasteiger partial charge in [-0.15, -0.1) is 0 Å². The van der Waals surface area contributed by atoms with Gasteiger partial charge in [-0.1, -0.05) is 43.7 Å². The van der Waals surface area contributed by atoms with Crippen molar-refractivity contribution >= 4 is 6.03 Å². The molecule has 0 aliphatic rings. The SMILES string of the molecule is Cc1ccc(C(CNC(=O)NCC(C)C)N(C)C)cc1. The molecule has 0 bridgehead atoms. The summed E-state index contributed by atoms with van der Waals surface area (Å²) in [5, 5.41) is 5.81. The molecule has 0 spiro atoms. The molecule has 1 unspecified atom stereocenters. The number of carbonyl (C=O) groups excluding carboxylic acids is 1. The number of likely N-dealkylation sites (N-methyl/N-ethyl adjacent to an activating group) is 1. The molecule has 112 valence electrons. The summed E-state index contributed by atoms with van der Waals surface area (Å²) in [5.74, 6) is 0.461. The molecule has 0 radical (unpaired) electrons. The van der Waals surface area contributed by atoms with Crippen molar-refractivity contribution in [2.24, 2.45) is 5.92 Å².